The van der Waals surface area contributed by atoms with Crippen molar-refractivity contribution >= 4 is 11.6 Å². The van der Waals surface area contributed by atoms with Crippen molar-refractivity contribution < 1.29 is 13.2 Å². The van der Waals surface area contributed by atoms with Crippen LogP contribution in [0.2, 0.25) is 0 Å². The minimum absolute atomic E-state index is 0.0250. The molecule has 10 heteroatoms. The van der Waals surface area contributed by atoms with E-state index in [0.717, 1.165) is 31.5 Å². The van der Waals surface area contributed by atoms with Crippen LogP contribution in [-0.2, 0) is 19.6 Å². The molecule has 1 aliphatic heterocycles. The Morgan fingerprint density at radius 2 is 2.08 bits per heavy atom. The molecule has 7 nitrogen and oxygen atoms in total. The van der Waals surface area contributed by atoms with E-state index < -0.39 is 12.0 Å². The number of fused-ring (bicyclic) bond motifs is 1. The van der Waals surface area contributed by atoms with E-state index in [1.807, 2.05) is 19.4 Å². The lowest BCUT2D eigenvalue weighted by atomic mass is 10.0. The maximum absolute atomic E-state index is 13.0. The van der Waals surface area contributed by atoms with E-state index in [-0.39, 0.29) is 5.78 Å². The van der Waals surface area contributed by atoms with Crippen LogP contribution in [0.25, 0.3) is 5.78 Å². The number of anilines is 1. The second-order valence-corrected chi connectivity index (χ2v) is 6.73. The number of hydrogen-bond acceptors (Lipinski definition) is 5. The molecule has 0 aromatic carbocycles. The molecule has 1 saturated heterocycles. The summed E-state index contributed by atoms with van der Waals surface area (Å²) in [6, 6.07) is 1.76. The Hall–Kier alpha value is -2.65. The third-order valence-electron chi connectivity index (χ3n) is 4.57. The number of alkyl halides is 3. The van der Waals surface area contributed by atoms with Crippen LogP contribution in [0.3, 0.4) is 0 Å². The zero-order valence-corrected chi connectivity index (χ0v) is 14.4. The monoisotopic (exact) mass is 365 g/mol. The molecule has 4 rings (SSSR count). The van der Waals surface area contributed by atoms with Gasteiger partial charge in [-0.05, 0) is 31.2 Å². The molecule has 0 aliphatic carbocycles. The van der Waals surface area contributed by atoms with Crippen molar-refractivity contribution in [2.45, 2.75) is 25.9 Å². The van der Waals surface area contributed by atoms with Gasteiger partial charge in [-0.25, -0.2) is 4.98 Å². The van der Waals surface area contributed by atoms with Gasteiger partial charge in [-0.15, -0.1) is 5.10 Å². The number of nitrogens with zero attached hydrogens (tertiary/aromatic N) is 7. The van der Waals surface area contributed by atoms with Crippen molar-refractivity contribution in [1.82, 2.24) is 29.4 Å². The first kappa shape index (κ1) is 16.8. The molecule has 0 N–H and O–H groups in total. The van der Waals surface area contributed by atoms with Crippen molar-refractivity contribution in [2.24, 2.45) is 13.0 Å². The van der Waals surface area contributed by atoms with Crippen molar-refractivity contribution in [1.29, 1.82) is 0 Å². The number of aromatic nitrogens is 6. The average Bonchev–Trinajstić information content (AvgIpc) is 3.25. The van der Waals surface area contributed by atoms with E-state index in [1.165, 1.54) is 4.52 Å². The van der Waals surface area contributed by atoms with Gasteiger partial charge < -0.3 is 4.90 Å². The van der Waals surface area contributed by atoms with E-state index in [4.69, 9.17) is 0 Å². The standard InChI is InChI=1S/C16H18F3N7/c1-10-5-13(26-15(21-10)22-14(23-26)16(17,18)19)25-4-3-11(9-25)6-12-7-20-24(2)8-12/h5,7-8,11H,3-4,6,9H2,1-2H3. The summed E-state index contributed by atoms with van der Waals surface area (Å²) in [6.45, 7) is 3.24. The van der Waals surface area contributed by atoms with Crippen LogP contribution >= 0.6 is 0 Å². The van der Waals surface area contributed by atoms with Crippen LogP contribution in [0.5, 0.6) is 0 Å². The molecule has 0 saturated carbocycles. The highest BCUT2D eigenvalue weighted by molar-refractivity contribution is 5.48. The van der Waals surface area contributed by atoms with Gasteiger partial charge in [0.2, 0.25) is 0 Å². The average molecular weight is 365 g/mol. The Balaban J connectivity index is 1.61. The number of aryl methyl sites for hydroxylation is 2. The first-order chi connectivity index (χ1) is 12.3. The Kier molecular flexibility index (Phi) is 3.85. The highest BCUT2D eigenvalue weighted by atomic mass is 19.4. The normalized spacial score (nSPS) is 18.2. The number of rotatable bonds is 3. The summed E-state index contributed by atoms with van der Waals surface area (Å²) in [4.78, 5) is 9.68. The molecular weight excluding hydrogens is 347 g/mol. The summed E-state index contributed by atoms with van der Waals surface area (Å²) in [6.07, 6.45) is 1.10. The quantitative estimate of drug-likeness (QED) is 0.712. The summed E-state index contributed by atoms with van der Waals surface area (Å²) in [7, 11) is 1.88. The SMILES string of the molecule is Cc1cc(N2CCC(Cc3cnn(C)c3)C2)n2nc(C(F)(F)F)nc2n1. The topological polar surface area (TPSA) is 64.1 Å². The summed E-state index contributed by atoms with van der Waals surface area (Å²) in [5, 5.41) is 7.83. The van der Waals surface area contributed by atoms with Gasteiger partial charge in [-0.2, -0.15) is 27.8 Å². The molecule has 1 fully saturated rings. The largest absolute Gasteiger partial charge is 0.453 e. The van der Waals surface area contributed by atoms with E-state index in [1.54, 1.807) is 17.7 Å². The predicted octanol–water partition coefficient (Wildman–Crippen LogP) is 2.25. The molecule has 3 aromatic heterocycles. The fourth-order valence-electron chi connectivity index (χ4n) is 3.43. The van der Waals surface area contributed by atoms with Gasteiger partial charge in [0.25, 0.3) is 11.6 Å². The Labute approximate surface area is 147 Å². The van der Waals surface area contributed by atoms with Gasteiger partial charge in [-0.3, -0.25) is 4.68 Å². The van der Waals surface area contributed by atoms with Crippen LogP contribution in [0.15, 0.2) is 18.5 Å². The van der Waals surface area contributed by atoms with Crippen molar-refractivity contribution in [2.75, 3.05) is 18.0 Å². The minimum atomic E-state index is -4.59. The third kappa shape index (κ3) is 3.11. The van der Waals surface area contributed by atoms with Crippen LogP contribution in [0.1, 0.15) is 23.5 Å². The van der Waals surface area contributed by atoms with E-state index in [9.17, 15) is 13.2 Å². The Bertz CT molecular complexity index is 943. The van der Waals surface area contributed by atoms with Crippen molar-refractivity contribution in [3.63, 3.8) is 0 Å². The zero-order valence-electron chi connectivity index (χ0n) is 14.4. The summed E-state index contributed by atoms with van der Waals surface area (Å²) < 4.78 is 41.8. The molecule has 26 heavy (non-hydrogen) atoms. The fraction of sp³-hybridized carbons (Fsp3) is 0.500. The number of hydrogen-bond donors (Lipinski definition) is 0. The Morgan fingerprint density at radius 1 is 1.27 bits per heavy atom. The predicted molar refractivity (Wildman–Crippen MR) is 87.8 cm³/mol. The van der Waals surface area contributed by atoms with E-state index in [2.05, 4.69) is 25.1 Å². The lowest BCUT2D eigenvalue weighted by Gasteiger charge is -2.19. The summed E-state index contributed by atoms with van der Waals surface area (Å²) >= 11 is 0. The van der Waals surface area contributed by atoms with Gasteiger partial charge in [0, 0.05) is 38.1 Å². The third-order valence-corrected chi connectivity index (χ3v) is 4.57. The molecule has 0 amide bonds. The van der Waals surface area contributed by atoms with Gasteiger partial charge in [0.15, 0.2) is 0 Å². The minimum Gasteiger partial charge on any atom is -0.356 e. The van der Waals surface area contributed by atoms with Gasteiger partial charge >= 0.3 is 6.18 Å². The van der Waals surface area contributed by atoms with Crippen LogP contribution in [-0.4, -0.2) is 42.5 Å². The molecular formula is C16H18F3N7. The lowest BCUT2D eigenvalue weighted by Crippen LogP contribution is -2.23. The zero-order chi connectivity index (χ0) is 18.5. The molecule has 0 radical (unpaired) electrons. The van der Waals surface area contributed by atoms with Gasteiger partial charge in [0.1, 0.15) is 5.82 Å². The molecule has 1 aliphatic rings. The highest BCUT2D eigenvalue weighted by Crippen LogP contribution is 2.30. The highest BCUT2D eigenvalue weighted by Gasteiger charge is 2.37. The molecule has 0 bridgehead atoms. The van der Waals surface area contributed by atoms with Crippen LogP contribution in [0, 0.1) is 12.8 Å². The van der Waals surface area contributed by atoms with E-state index >= 15 is 0 Å². The smallest absolute Gasteiger partial charge is 0.356 e. The molecule has 0 spiro atoms. The van der Waals surface area contributed by atoms with Crippen LogP contribution < -0.4 is 4.90 Å². The maximum Gasteiger partial charge on any atom is 0.453 e. The lowest BCUT2D eigenvalue weighted by molar-refractivity contribution is -0.144. The molecule has 3 aromatic rings. The molecule has 138 valence electrons. The molecule has 1 atom stereocenters. The van der Waals surface area contributed by atoms with E-state index in [0.29, 0.717) is 17.4 Å². The fourth-order valence-corrected chi connectivity index (χ4v) is 3.43. The second-order valence-electron chi connectivity index (χ2n) is 6.73. The summed E-state index contributed by atoms with van der Waals surface area (Å²) in [5.74, 6) is -0.177. The Morgan fingerprint density at radius 3 is 2.77 bits per heavy atom. The van der Waals surface area contributed by atoms with Gasteiger partial charge in [0.05, 0.1) is 6.20 Å². The second kappa shape index (κ2) is 5.96. The van der Waals surface area contributed by atoms with Gasteiger partial charge in [-0.1, -0.05) is 0 Å². The first-order valence-electron chi connectivity index (χ1n) is 8.33. The van der Waals surface area contributed by atoms with Crippen molar-refractivity contribution in [3.8, 4) is 0 Å². The molecule has 4 heterocycles. The number of halogens is 3. The maximum atomic E-state index is 13.0. The first-order valence-corrected chi connectivity index (χ1v) is 8.33. The van der Waals surface area contributed by atoms with Crippen LogP contribution in [0.4, 0.5) is 19.0 Å². The molecule has 1 unspecified atom stereocenters. The van der Waals surface area contributed by atoms with Crippen molar-refractivity contribution in [3.05, 3.63) is 35.5 Å². The summed E-state index contributed by atoms with van der Waals surface area (Å²) in [5.41, 5.74) is 1.78.